The Hall–Kier alpha value is -2.24. The van der Waals surface area contributed by atoms with Crippen molar-refractivity contribution in [3.8, 4) is 0 Å². The topological polar surface area (TPSA) is 90.6 Å². The Morgan fingerprint density at radius 1 is 1.29 bits per heavy atom. The van der Waals surface area contributed by atoms with Gasteiger partial charge < -0.3 is 20.5 Å². The molecule has 0 spiro atoms. The lowest BCUT2D eigenvalue weighted by atomic mass is 10.1. The number of nitrogens with two attached hydrogens (primary N) is 1. The number of esters is 1. The van der Waals surface area contributed by atoms with E-state index in [2.05, 4.69) is 14.8 Å². The second-order valence-electron chi connectivity index (χ2n) is 3.26. The molecule has 92 valence electrons. The maximum Gasteiger partial charge on any atom is 0.407 e. The van der Waals surface area contributed by atoms with Gasteiger partial charge in [-0.2, -0.15) is 0 Å². The maximum atomic E-state index is 11.4. The molecule has 0 saturated carbocycles. The SMILES string of the molecule is COC(=O)NCc1ccc(N)c(C(=O)OC)c1. The fraction of sp³-hybridized carbons (Fsp3) is 0.273. The number of rotatable bonds is 3. The monoisotopic (exact) mass is 238 g/mol. The second-order valence-corrected chi connectivity index (χ2v) is 3.26. The van der Waals surface area contributed by atoms with Gasteiger partial charge in [0.1, 0.15) is 0 Å². The number of methoxy groups -OCH3 is 2. The number of benzene rings is 1. The molecule has 0 fully saturated rings. The summed E-state index contributed by atoms with van der Waals surface area (Å²) in [6.07, 6.45) is -0.540. The summed E-state index contributed by atoms with van der Waals surface area (Å²) in [6, 6.07) is 4.86. The number of amides is 1. The van der Waals surface area contributed by atoms with E-state index in [0.29, 0.717) is 5.69 Å². The number of hydrogen-bond donors (Lipinski definition) is 2. The van der Waals surface area contributed by atoms with Crippen LogP contribution in [0.25, 0.3) is 0 Å². The molecule has 0 radical (unpaired) electrons. The van der Waals surface area contributed by atoms with Gasteiger partial charge in [0.2, 0.25) is 0 Å². The number of hydrogen-bond acceptors (Lipinski definition) is 5. The minimum Gasteiger partial charge on any atom is -0.465 e. The van der Waals surface area contributed by atoms with Crippen LogP contribution in [0.1, 0.15) is 15.9 Å². The molecule has 1 aromatic carbocycles. The third-order valence-corrected chi connectivity index (χ3v) is 2.15. The van der Waals surface area contributed by atoms with Crippen LogP contribution in [0.5, 0.6) is 0 Å². The summed E-state index contributed by atoms with van der Waals surface area (Å²) in [6.45, 7) is 0.247. The third-order valence-electron chi connectivity index (χ3n) is 2.15. The van der Waals surface area contributed by atoms with Gasteiger partial charge in [0.15, 0.2) is 0 Å². The zero-order valence-electron chi connectivity index (χ0n) is 9.65. The Morgan fingerprint density at radius 2 is 2.00 bits per heavy atom. The number of carbonyl (C=O) groups excluding carboxylic acids is 2. The molecular formula is C11H14N2O4. The van der Waals surface area contributed by atoms with Crippen molar-refractivity contribution < 1.29 is 19.1 Å². The molecule has 6 heteroatoms. The van der Waals surface area contributed by atoms with Crippen LogP contribution < -0.4 is 11.1 Å². The smallest absolute Gasteiger partial charge is 0.407 e. The van der Waals surface area contributed by atoms with Gasteiger partial charge in [-0.1, -0.05) is 6.07 Å². The van der Waals surface area contributed by atoms with Gasteiger partial charge in [-0.3, -0.25) is 0 Å². The van der Waals surface area contributed by atoms with Crippen molar-refractivity contribution in [2.45, 2.75) is 6.54 Å². The van der Waals surface area contributed by atoms with Crippen LogP contribution in [-0.2, 0) is 16.0 Å². The van der Waals surface area contributed by atoms with Gasteiger partial charge in [0.05, 0.1) is 19.8 Å². The lowest BCUT2D eigenvalue weighted by molar-refractivity contribution is 0.0602. The van der Waals surface area contributed by atoms with E-state index in [1.165, 1.54) is 14.2 Å². The summed E-state index contributed by atoms with van der Waals surface area (Å²) in [4.78, 5) is 22.2. The average Bonchev–Trinajstić information content (AvgIpc) is 2.36. The molecule has 0 aromatic heterocycles. The van der Waals surface area contributed by atoms with E-state index >= 15 is 0 Å². The Bertz CT molecular complexity index is 431. The lowest BCUT2D eigenvalue weighted by Gasteiger charge is -2.07. The zero-order chi connectivity index (χ0) is 12.8. The molecule has 6 nitrogen and oxygen atoms in total. The van der Waals surface area contributed by atoms with Crippen LogP contribution in [0, 0.1) is 0 Å². The van der Waals surface area contributed by atoms with E-state index in [9.17, 15) is 9.59 Å². The average molecular weight is 238 g/mol. The fourth-order valence-corrected chi connectivity index (χ4v) is 1.25. The highest BCUT2D eigenvalue weighted by molar-refractivity contribution is 5.95. The molecular weight excluding hydrogens is 224 g/mol. The predicted molar refractivity (Wildman–Crippen MR) is 61.4 cm³/mol. The van der Waals surface area contributed by atoms with Gasteiger partial charge in [0, 0.05) is 12.2 Å². The Kier molecular flexibility index (Phi) is 4.33. The normalized spacial score (nSPS) is 9.53. The number of nitrogens with one attached hydrogen (secondary N) is 1. The first-order chi connectivity index (χ1) is 8.08. The number of ether oxygens (including phenoxy) is 2. The molecule has 0 unspecified atom stereocenters. The molecule has 0 bridgehead atoms. The maximum absolute atomic E-state index is 11.4. The van der Waals surface area contributed by atoms with E-state index < -0.39 is 12.1 Å². The van der Waals surface area contributed by atoms with Gasteiger partial charge in [-0.15, -0.1) is 0 Å². The summed E-state index contributed by atoms with van der Waals surface area (Å²) < 4.78 is 9.02. The van der Waals surface area contributed by atoms with Gasteiger partial charge in [-0.05, 0) is 17.7 Å². The first kappa shape index (κ1) is 12.8. The lowest BCUT2D eigenvalue weighted by Crippen LogP contribution is -2.22. The number of carbonyl (C=O) groups is 2. The Balaban J connectivity index is 2.81. The molecule has 17 heavy (non-hydrogen) atoms. The van der Waals surface area contributed by atoms with Crippen LogP contribution in [0.15, 0.2) is 18.2 Å². The van der Waals surface area contributed by atoms with E-state index in [0.717, 1.165) is 5.56 Å². The second kappa shape index (κ2) is 5.74. The summed E-state index contributed by atoms with van der Waals surface area (Å²) in [5.41, 5.74) is 6.97. The molecule has 1 amide bonds. The van der Waals surface area contributed by atoms with Gasteiger partial charge >= 0.3 is 12.1 Å². The van der Waals surface area contributed by atoms with Crippen LogP contribution in [0.2, 0.25) is 0 Å². The minimum atomic E-state index is -0.540. The Morgan fingerprint density at radius 3 is 2.59 bits per heavy atom. The predicted octanol–water partition coefficient (Wildman–Crippen LogP) is 0.911. The van der Waals surface area contributed by atoms with Crippen molar-refractivity contribution in [3.63, 3.8) is 0 Å². The van der Waals surface area contributed by atoms with Crippen LogP contribution >= 0.6 is 0 Å². The van der Waals surface area contributed by atoms with Crippen molar-refractivity contribution in [2.75, 3.05) is 20.0 Å². The van der Waals surface area contributed by atoms with E-state index in [4.69, 9.17) is 5.73 Å². The quantitative estimate of drug-likeness (QED) is 0.603. The summed E-state index contributed by atoms with van der Waals surface area (Å²) in [7, 11) is 2.55. The van der Waals surface area contributed by atoms with Gasteiger partial charge in [0.25, 0.3) is 0 Å². The van der Waals surface area contributed by atoms with Crippen LogP contribution in [0.3, 0.4) is 0 Å². The van der Waals surface area contributed by atoms with Gasteiger partial charge in [-0.25, -0.2) is 9.59 Å². The largest absolute Gasteiger partial charge is 0.465 e. The summed E-state index contributed by atoms with van der Waals surface area (Å²) in [5, 5.41) is 2.50. The van der Waals surface area contributed by atoms with Crippen molar-refractivity contribution >= 4 is 17.7 Å². The highest BCUT2D eigenvalue weighted by Gasteiger charge is 2.10. The third kappa shape index (κ3) is 3.37. The number of anilines is 1. The number of alkyl carbamates (subject to hydrolysis) is 1. The van der Waals surface area contributed by atoms with Crippen molar-refractivity contribution in [1.29, 1.82) is 0 Å². The number of nitrogen functional groups attached to an aromatic ring is 1. The first-order valence-electron chi connectivity index (χ1n) is 4.87. The molecule has 0 aliphatic carbocycles. The molecule has 0 atom stereocenters. The standard InChI is InChI=1S/C11H14N2O4/c1-16-10(14)8-5-7(3-4-9(8)12)6-13-11(15)17-2/h3-5H,6,12H2,1-2H3,(H,13,15). The molecule has 1 rings (SSSR count). The minimum absolute atomic E-state index is 0.247. The molecule has 3 N–H and O–H groups in total. The highest BCUT2D eigenvalue weighted by Crippen LogP contribution is 2.15. The summed E-state index contributed by atoms with van der Waals surface area (Å²) >= 11 is 0. The molecule has 0 aliphatic rings. The van der Waals surface area contributed by atoms with Crippen LogP contribution in [0.4, 0.5) is 10.5 Å². The molecule has 0 saturated heterocycles. The molecule has 0 aliphatic heterocycles. The Labute approximate surface area is 98.7 Å². The van der Waals surface area contributed by atoms with E-state index in [1.807, 2.05) is 0 Å². The fourth-order valence-electron chi connectivity index (χ4n) is 1.25. The van der Waals surface area contributed by atoms with Crippen molar-refractivity contribution in [3.05, 3.63) is 29.3 Å². The zero-order valence-corrected chi connectivity index (χ0v) is 9.65. The van der Waals surface area contributed by atoms with E-state index in [1.54, 1.807) is 18.2 Å². The summed E-state index contributed by atoms with van der Waals surface area (Å²) in [5.74, 6) is -0.512. The molecule has 0 heterocycles. The van der Waals surface area contributed by atoms with Crippen molar-refractivity contribution in [2.24, 2.45) is 0 Å². The van der Waals surface area contributed by atoms with Crippen molar-refractivity contribution in [1.82, 2.24) is 5.32 Å². The molecule has 1 aromatic rings. The van der Waals surface area contributed by atoms with E-state index in [-0.39, 0.29) is 12.1 Å². The highest BCUT2D eigenvalue weighted by atomic mass is 16.5. The van der Waals surface area contributed by atoms with Crippen LogP contribution in [-0.4, -0.2) is 26.3 Å². The first-order valence-corrected chi connectivity index (χ1v) is 4.87.